The summed E-state index contributed by atoms with van der Waals surface area (Å²) in [4.78, 5) is 17.5. The van der Waals surface area contributed by atoms with Gasteiger partial charge in [0.2, 0.25) is 0 Å². The quantitative estimate of drug-likeness (QED) is 0.647. The number of thiazole rings is 1. The zero-order valence-corrected chi connectivity index (χ0v) is 15.8. The number of methoxy groups -OCH3 is 2. The molecular weight excluding hydrogens is 369 g/mol. The van der Waals surface area contributed by atoms with Crippen LogP contribution in [0.1, 0.15) is 15.4 Å². The number of benzene rings is 2. The Bertz CT molecular complexity index is 957. The minimum atomic E-state index is -0.315. The molecule has 0 bridgehead atoms. The highest BCUT2D eigenvalue weighted by Gasteiger charge is 2.17. The van der Waals surface area contributed by atoms with Crippen molar-refractivity contribution in [3.05, 3.63) is 58.9 Å². The summed E-state index contributed by atoms with van der Waals surface area (Å²) in [6, 6.07) is 11.1. The lowest BCUT2D eigenvalue weighted by Crippen LogP contribution is -2.12. The largest absolute Gasteiger partial charge is 0.497 e. The van der Waals surface area contributed by atoms with E-state index in [1.165, 1.54) is 30.6 Å². The van der Waals surface area contributed by atoms with Gasteiger partial charge in [0, 0.05) is 11.8 Å². The van der Waals surface area contributed by atoms with Gasteiger partial charge in [-0.3, -0.25) is 4.79 Å². The SMILES string of the molecule is COc1ccc(NC(=O)c2sc(Nc3ccc(F)cc3)nc2C)c(OC)c1. The van der Waals surface area contributed by atoms with Crippen molar-refractivity contribution in [2.75, 3.05) is 24.9 Å². The zero-order valence-electron chi connectivity index (χ0n) is 15.0. The van der Waals surface area contributed by atoms with E-state index in [4.69, 9.17) is 9.47 Å². The fraction of sp³-hybridized carbons (Fsp3) is 0.158. The van der Waals surface area contributed by atoms with Crippen LogP contribution in [0.3, 0.4) is 0 Å². The second-order valence-corrected chi connectivity index (χ2v) is 6.58. The molecular formula is C19H18FN3O3S. The topological polar surface area (TPSA) is 72.5 Å². The molecule has 8 heteroatoms. The molecule has 0 aliphatic rings. The smallest absolute Gasteiger partial charge is 0.267 e. The molecule has 0 spiro atoms. The first-order valence-corrected chi connectivity index (χ1v) is 8.85. The average Bonchev–Trinajstić information content (AvgIpc) is 3.04. The van der Waals surface area contributed by atoms with Gasteiger partial charge < -0.3 is 20.1 Å². The maximum Gasteiger partial charge on any atom is 0.267 e. The molecule has 140 valence electrons. The van der Waals surface area contributed by atoms with Crippen LogP contribution in [-0.2, 0) is 0 Å². The van der Waals surface area contributed by atoms with Gasteiger partial charge in [0.15, 0.2) is 5.13 Å². The third kappa shape index (κ3) is 4.35. The molecule has 1 aromatic heterocycles. The van der Waals surface area contributed by atoms with E-state index >= 15 is 0 Å². The maximum absolute atomic E-state index is 13.0. The number of carbonyl (C=O) groups excluding carboxylic acids is 1. The number of nitrogens with one attached hydrogen (secondary N) is 2. The number of amides is 1. The van der Waals surface area contributed by atoms with Gasteiger partial charge >= 0.3 is 0 Å². The molecule has 0 radical (unpaired) electrons. The Morgan fingerprint density at radius 1 is 1.11 bits per heavy atom. The fourth-order valence-electron chi connectivity index (χ4n) is 2.40. The van der Waals surface area contributed by atoms with Gasteiger partial charge in [-0.15, -0.1) is 0 Å². The maximum atomic E-state index is 13.0. The van der Waals surface area contributed by atoms with Crippen molar-refractivity contribution in [1.82, 2.24) is 4.98 Å². The van der Waals surface area contributed by atoms with Crippen molar-refractivity contribution in [3.63, 3.8) is 0 Å². The van der Waals surface area contributed by atoms with Crippen LogP contribution in [-0.4, -0.2) is 25.1 Å². The summed E-state index contributed by atoms with van der Waals surface area (Å²) in [5.41, 5.74) is 1.81. The minimum Gasteiger partial charge on any atom is -0.497 e. The van der Waals surface area contributed by atoms with E-state index in [0.29, 0.717) is 38.6 Å². The van der Waals surface area contributed by atoms with Gasteiger partial charge in [-0.25, -0.2) is 9.37 Å². The number of anilines is 3. The number of rotatable bonds is 6. The van der Waals surface area contributed by atoms with Gasteiger partial charge in [0.1, 0.15) is 22.2 Å². The molecule has 0 aliphatic carbocycles. The molecule has 6 nitrogen and oxygen atoms in total. The Morgan fingerprint density at radius 3 is 2.52 bits per heavy atom. The Balaban J connectivity index is 1.77. The lowest BCUT2D eigenvalue weighted by Gasteiger charge is -2.11. The average molecular weight is 387 g/mol. The summed E-state index contributed by atoms with van der Waals surface area (Å²) in [5.74, 6) is 0.518. The second kappa shape index (κ2) is 8.05. The highest BCUT2D eigenvalue weighted by molar-refractivity contribution is 7.17. The van der Waals surface area contributed by atoms with Crippen molar-refractivity contribution < 1.29 is 18.7 Å². The van der Waals surface area contributed by atoms with E-state index in [-0.39, 0.29) is 11.7 Å². The van der Waals surface area contributed by atoms with Crippen molar-refractivity contribution in [2.24, 2.45) is 0 Å². The van der Waals surface area contributed by atoms with Crippen LogP contribution in [0.15, 0.2) is 42.5 Å². The van der Waals surface area contributed by atoms with Crippen LogP contribution in [0.2, 0.25) is 0 Å². The number of ether oxygens (including phenoxy) is 2. The predicted octanol–water partition coefficient (Wildman–Crippen LogP) is 4.60. The molecule has 0 saturated carbocycles. The first-order valence-electron chi connectivity index (χ1n) is 8.03. The molecule has 0 unspecified atom stereocenters. The number of hydrogen-bond acceptors (Lipinski definition) is 6. The summed E-state index contributed by atoms with van der Waals surface area (Å²) < 4.78 is 23.5. The normalized spacial score (nSPS) is 10.4. The zero-order chi connectivity index (χ0) is 19.4. The molecule has 0 aliphatic heterocycles. The van der Waals surface area contributed by atoms with Gasteiger partial charge in [0.25, 0.3) is 5.91 Å². The van der Waals surface area contributed by atoms with Crippen LogP contribution in [0.4, 0.5) is 20.9 Å². The molecule has 3 aromatic rings. The second-order valence-electron chi connectivity index (χ2n) is 5.59. The number of carbonyl (C=O) groups is 1. The van der Waals surface area contributed by atoms with Gasteiger partial charge in [-0.1, -0.05) is 11.3 Å². The number of nitrogens with zero attached hydrogens (tertiary/aromatic N) is 1. The lowest BCUT2D eigenvalue weighted by molar-refractivity contribution is 0.102. The summed E-state index contributed by atoms with van der Waals surface area (Å²) in [6.07, 6.45) is 0. The summed E-state index contributed by atoms with van der Waals surface area (Å²) in [6.45, 7) is 1.76. The summed E-state index contributed by atoms with van der Waals surface area (Å²) in [7, 11) is 3.08. The van der Waals surface area contributed by atoms with Crippen molar-refractivity contribution in [3.8, 4) is 11.5 Å². The summed E-state index contributed by atoms with van der Waals surface area (Å²) in [5, 5.41) is 6.44. The first kappa shape index (κ1) is 18.7. The van der Waals surface area contributed by atoms with Gasteiger partial charge in [0.05, 0.1) is 25.6 Å². The highest BCUT2D eigenvalue weighted by atomic mass is 32.1. The highest BCUT2D eigenvalue weighted by Crippen LogP contribution is 2.31. The Labute approximate surface area is 160 Å². The van der Waals surface area contributed by atoms with E-state index in [1.807, 2.05) is 0 Å². The molecule has 0 fully saturated rings. The Hall–Kier alpha value is -3.13. The van der Waals surface area contributed by atoms with E-state index in [9.17, 15) is 9.18 Å². The molecule has 0 saturated heterocycles. The van der Waals surface area contributed by atoms with Gasteiger partial charge in [-0.05, 0) is 43.3 Å². The van der Waals surface area contributed by atoms with Crippen LogP contribution in [0.25, 0.3) is 0 Å². The van der Waals surface area contributed by atoms with Crippen LogP contribution in [0, 0.1) is 12.7 Å². The van der Waals surface area contributed by atoms with Crippen molar-refractivity contribution in [2.45, 2.75) is 6.92 Å². The minimum absolute atomic E-state index is 0.291. The van der Waals surface area contributed by atoms with Crippen LogP contribution >= 0.6 is 11.3 Å². The Morgan fingerprint density at radius 2 is 1.85 bits per heavy atom. The molecule has 3 rings (SSSR count). The van der Waals surface area contributed by atoms with Crippen LogP contribution in [0.5, 0.6) is 11.5 Å². The number of aromatic nitrogens is 1. The number of aryl methyl sites for hydroxylation is 1. The van der Waals surface area contributed by atoms with E-state index in [0.717, 1.165) is 0 Å². The van der Waals surface area contributed by atoms with Crippen LogP contribution < -0.4 is 20.1 Å². The summed E-state index contributed by atoms with van der Waals surface area (Å²) >= 11 is 1.21. The fourth-order valence-corrected chi connectivity index (χ4v) is 3.28. The van der Waals surface area contributed by atoms with Gasteiger partial charge in [-0.2, -0.15) is 0 Å². The predicted molar refractivity (Wildman–Crippen MR) is 104 cm³/mol. The van der Waals surface area contributed by atoms with E-state index in [2.05, 4.69) is 15.6 Å². The molecule has 2 aromatic carbocycles. The standard InChI is InChI=1S/C19H18FN3O3S/c1-11-17(27-19(21-11)22-13-6-4-12(20)5-7-13)18(24)23-15-9-8-14(25-2)10-16(15)26-3/h4-10H,1-3H3,(H,21,22)(H,23,24). The molecule has 27 heavy (non-hydrogen) atoms. The molecule has 0 atom stereocenters. The third-order valence-corrected chi connectivity index (χ3v) is 4.83. The van der Waals surface area contributed by atoms with E-state index < -0.39 is 0 Å². The van der Waals surface area contributed by atoms with Crippen molar-refractivity contribution in [1.29, 1.82) is 0 Å². The third-order valence-electron chi connectivity index (χ3n) is 3.76. The molecule has 1 amide bonds. The van der Waals surface area contributed by atoms with Crippen molar-refractivity contribution >= 4 is 33.8 Å². The lowest BCUT2D eigenvalue weighted by atomic mass is 10.2. The molecule has 1 heterocycles. The van der Waals surface area contributed by atoms with E-state index in [1.54, 1.807) is 44.4 Å². The number of halogens is 1. The molecule has 2 N–H and O–H groups in total. The number of hydrogen-bond donors (Lipinski definition) is 2. The Kier molecular flexibility index (Phi) is 5.56. The first-order chi connectivity index (χ1) is 13.0. The monoisotopic (exact) mass is 387 g/mol.